The van der Waals surface area contributed by atoms with Crippen molar-refractivity contribution in [2.45, 2.75) is 76.9 Å². The molecule has 2 bridgehead atoms. The van der Waals surface area contributed by atoms with Crippen LogP contribution >= 0.6 is 0 Å². The third-order valence-electron chi connectivity index (χ3n) is 5.65. The number of nitrogens with one attached hydrogen (secondary N) is 1. The first-order valence-corrected chi connectivity index (χ1v) is 8.25. The van der Waals surface area contributed by atoms with E-state index < -0.39 is 0 Å². The molecule has 0 aromatic heterocycles. The molecule has 3 fully saturated rings. The van der Waals surface area contributed by atoms with Gasteiger partial charge in [-0.2, -0.15) is 0 Å². The molecule has 1 saturated carbocycles. The molecule has 2 heteroatoms. The Bertz CT molecular complexity index is 264. The minimum atomic E-state index is 0.811. The molecule has 18 heavy (non-hydrogen) atoms. The van der Waals surface area contributed by atoms with Crippen molar-refractivity contribution < 1.29 is 0 Å². The lowest BCUT2D eigenvalue weighted by Gasteiger charge is -2.40. The van der Waals surface area contributed by atoms with E-state index in [9.17, 15) is 0 Å². The summed E-state index contributed by atoms with van der Waals surface area (Å²) < 4.78 is 0. The second kappa shape index (κ2) is 5.50. The van der Waals surface area contributed by atoms with E-state index in [1.165, 1.54) is 51.5 Å². The molecule has 2 nitrogen and oxygen atoms in total. The summed E-state index contributed by atoms with van der Waals surface area (Å²) in [6, 6.07) is 2.62. The van der Waals surface area contributed by atoms with Crippen molar-refractivity contribution in [1.82, 2.24) is 10.2 Å². The second-order valence-electron chi connectivity index (χ2n) is 7.09. The quantitative estimate of drug-likeness (QED) is 0.825. The molecule has 0 spiro atoms. The number of nitrogens with zero attached hydrogens (tertiary/aromatic N) is 1. The highest BCUT2D eigenvalue weighted by Crippen LogP contribution is 2.39. The van der Waals surface area contributed by atoms with Crippen LogP contribution in [0.2, 0.25) is 0 Å². The topological polar surface area (TPSA) is 15.3 Å². The van der Waals surface area contributed by atoms with Crippen LogP contribution in [0.1, 0.15) is 58.8 Å². The highest BCUT2D eigenvalue weighted by molar-refractivity contribution is 4.98. The van der Waals surface area contributed by atoms with Gasteiger partial charge in [-0.25, -0.2) is 0 Å². The third kappa shape index (κ3) is 2.60. The Morgan fingerprint density at radius 2 is 1.72 bits per heavy atom. The summed E-state index contributed by atoms with van der Waals surface area (Å²) in [7, 11) is 0. The second-order valence-corrected chi connectivity index (χ2v) is 7.09. The van der Waals surface area contributed by atoms with Crippen LogP contribution in [0.15, 0.2) is 0 Å². The number of fused-ring (bicyclic) bond motifs is 2. The van der Waals surface area contributed by atoms with Gasteiger partial charge in [0.15, 0.2) is 0 Å². The summed E-state index contributed by atoms with van der Waals surface area (Å²) >= 11 is 0. The van der Waals surface area contributed by atoms with Crippen LogP contribution < -0.4 is 5.32 Å². The van der Waals surface area contributed by atoms with Gasteiger partial charge in [0.25, 0.3) is 0 Å². The lowest BCUT2D eigenvalue weighted by atomic mass is 9.95. The summed E-state index contributed by atoms with van der Waals surface area (Å²) in [5, 5.41) is 3.68. The van der Waals surface area contributed by atoms with E-state index in [0.29, 0.717) is 0 Å². The Morgan fingerprint density at radius 3 is 2.28 bits per heavy atom. The zero-order chi connectivity index (χ0) is 12.5. The molecule has 4 unspecified atom stereocenters. The molecular weight excluding hydrogens is 220 g/mol. The van der Waals surface area contributed by atoms with Crippen LogP contribution in [-0.2, 0) is 0 Å². The van der Waals surface area contributed by atoms with E-state index in [1.54, 1.807) is 0 Å². The average Bonchev–Trinajstić information content (AvgIpc) is 2.83. The number of rotatable bonds is 4. The van der Waals surface area contributed by atoms with Gasteiger partial charge < -0.3 is 5.32 Å². The zero-order valence-electron chi connectivity index (χ0n) is 12.2. The molecule has 0 aromatic rings. The molecule has 0 amide bonds. The molecule has 3 aliphatic rings. The van der Waals surface area contributed by atoms with Gasteiger partial charge in [0, 0.05) is 24.7 Å². The maximum absolute atomic E-state index is 3.68. The molecule has 0 radical (unpaired) electrons. The molecule has 104 valence electrons. The van der Waals surface area contributed by atoms with Gasteiger partial charge in [-0.1, -0.05) is 20.3 Å². The van der Waals surface area contributed by atoms with Crippen molar-refractivity contribution in [2.75, 3.05) is 13.1 Å². The van der Waals surface area contributed by atoms with Crippen molar-refractivity contribution in [3.63, 3.8) is 0 Å². The smallest absolute Gasteiger partial charge is 0.0114 e. The third-order valence-corrected chi connectivity index (χ3v) is 5.65. The van der Waals surface area contributed by atoms with Crippen LogP contribution in [-0.4, -0.2) is 36.1 Å². The van der Waals surface area contributed by atoms with E-state index >= 15 is 0 Å². The van der Waals surface area contributed by atoms with Gasteiger partial charge in [0.05, 0.1) is 0 Å². The highest BCUT2D eigenvalue weighted by Gasteiger charge is 2.41. The monoisotopic (exact) mass is 250 g/mol. The average molecular weight is 250 g/mol. The standard InChI is InChI=1S/C16H30N2/c1-3-17-14-9-15-6-7-16(10-14)18(15)11-13-5-4-12(2)8-13/h12-17H,3-11H2,1-2H3. The van der Waals surface area contributed by atoms with E-state index in [1.807, 2.05) is 0 Å². The minimum absolute atomic E-state index is 0.811. The molecule has 1 aliphatic carbocycles. The van der Waals surface area contributed by atoms with Crippen molar-refractivity contribution in [1.29, 1.82) is 0 Å². The van der Waals surface area contributed by atoms with Crippen LogP contribution in [0.25, 0.3) is 0 Å². The molecule has 0 aromatic carbocycles. The number of piperidine rings is 1. The predicted octanol–water partition coefficient (Wildman–Crippen LogP) is 3.03. The van der Waals surface area contributed by atoms with E-state index in [0.717, 1.165) is 36.5 Å². The van der Waals surface area contributed by atoms with Crippen molar-refractivity contribution in [3.8, 4) is 0 Å². The lowest BCUT2D eigenvalue weighted by molar-refractivity contribution is 0.0982. The summed E-state index contributed by atoms with van der Waals surface area (Å²) in [4.78, 5) is 2.90. The molecule has 2 saturated heterocycles. The fourth-order valence-corrected chi connectivity index (χ4v) is 4.82. The SMILES string of the molecule is CCNC1CC2CCC(C1)N2CC1CCC(C)C1. The van der Waals surface area contributed by atoms with Crippen LogP contribution in [0.4, 0.5) is 0 Å². The summed E-state index contributed by atoms with van der Waals surface area (Å²) in [5.74, 6) is 2.01. The van der Waals surface area contributed by atoms with Gasteiger partial charge in [0.1, 0.15) is 0 Å². The first-order valence-electron chi connectivity index (χ1n) is 8.25. The minimum Gasteiger partial charge on any atom is -0.314 e. The molecule has 1 N–H and O–H groups in total. The zero-order valence-corrected chi connectivity index (χ0v) is 12.2. The van der Waals surface area contributed by atoms with Gasteiger partial charge in [-0.05, 0) is 56.9 Å². The Kier molecular flexibility index (Phi) is 3.95. The van der Waals surface area contributed by atoms with E-state index in [-0.39, 0.29) is 0 Å². The van der Waals surface area contributed by atoms with Gasteiger partial charge in [-0.15, -0.1) is 0 Å². The van der Waals surface area contributed by atoms with E-state index in [2.05, 4.69) is 24.1 Å². The largest absolute Gasteiger partial charge is 0.314 e. The molecule has 2 heterocycles. The molecule has 4 atom stereocenters. The highest BCUT2D eigenvalue weighted by atomic mass is 15.2. The van der Waals surface area contributed by atoms with Crippen molar-refractivity contribution in [3.05, 3.63) is 0 Å². The van der Waals surface area contributed by atoms with Gasteiger partial charge >= 0.3 is 0 Å². The number of hydrogen-bond acceptors (Lipinski definition) is 2. The maximum atomic E-state index is 3.68. The van der Waals surface area contributed by atoms with Crippen molar-refractivity contribution >= 4 is 0 Å². The first kappa shape index (κ1) is 12.9. The Morgan fingerprint density at radius 1 is 1.00 bits per heavy atom. The Hall–Kier alpha value is -0.0800. The van der Waals surface area contributed by atoms with Crippen LogP contribution in [0.5, 0.6) is 0 Å². The first-order chi connectivity index (χ1) is 8.76. The fourth-order valence-electron chi connectivity index (χ4n) is 4.82. The van der Waals surface area contributed by atoms with E-state index in [4.69, 9.17) is 0 Å². The Balaban J connectivity index is 1.55. The lowest BCUT2D eigenvalue weighted by Crippen LogP contribution is -2.50. The van der Waals surface area contributed by atoms with Crippen LogP contribution in [0.3, 0.4) is 0 Å². The molecule has 3 rings (SSSR count). The molecule has 2 aliphatic heterocycles. The summed E-state index contributed by atoms with van der Waals surface area (Å²) in [6.45, 7) is 7.24. The van der Waals surface area contributed by atoms with Crippen LogP contribution in [0, 0.1) is 11.8 Å². The number of hydrogen-bond donors (Lipinski definition) is 1. The van der Waals surface area contributed by atoms with Gasteiger partial charge in [0.2, 0.25) is 0 Å². The Labute approximate surface area is 113 Å². The molecular formula is C16H30N2. The van der Waals surface area contributed by atoms with Crippen molar-refractivity contribution in [2.24, 2.45) is 11.8 Å². The normalized spacial score (nSPS) is 44.7. The maximum Gasteiger partial charge on any atom is 0.0114 e. The van der Waals surface area contributed by atoms with Gasteiger partial charge in [-0.3, -0.25) is 4.90 Å². The fraction of sp³-hybridized carbons (Fsp3) is 1.00. The predicted molar refractivity (Wildman–Crippen MR) is 76.7 cm³/mol. The summed E-state index contributed by atoms with van der Waals surface area (Å²) in [6.07, 6.45) is 10.2. The summed E-state index contributed by atoms with van der Waals surface area (Å²) in [5.41, 5.74) is 0.